The quantitative estimate of drug-likeness (QED) is 0.632. The second-order valence-corrected chi connectivity index (χ2v) is 5.01. The Labute approximate surface area is 125 Å². The van der Waals surface area contributed by atoms with Crippen molar-refractivity contribution in [3.8, 4) is 0 Å². The van der Waals surface area contributed by atoms with Crippen molar-refractivity contribution in [3.05, 3.63) is 35.9 Å². The van der Waals surface area contributed by atoms with E-state index in [9.17, 15) is 4.79 Å². The lowest BCUT2D eigenvalue weighted by molar-refractivity contribution is 0.0757. The lowest BCUT2D eigenvalue weighted by atomic mass is 10.1. The van der Waals surface area contributed by atoms with Crippen molar-refractivity contribution in [2.75, 3.05) is 18.5 Å². The van der Waals surface area contributed by atoms with Crippen molar-refractivity contribution in [2.24, 2.45) is 5.84 Å². The molecule has 5 nitrogen and oxygen atoms in total. The van der Waals surface area contributed by atoms with Crippen molar-refractivity contribution in [2.45, 2.75) is 26.7 Å². The molecule has 1 amide bonds. The molecule has 0 fully saturated rings. The summed E-state index contributed by atoms with van der Waals surface area (Å²) in [6.07, 6.45) is 1.88. The molecule has 0 bridgehead atoms. The first-order valence-electron chi connectivity index (χ1n) is 7.36. The largest absolute Gasteiger partial charge is 0.339 e. The summed E-state index contributed by atoms with van der Waals surface area (Å²) in [6.45, 7) is 5.67. The molecule has 0 atom stereocenters. The number of nitrogen functional groups attached to an aromatic ring is 1. The Morgan fingerprint density at radius 1 is 1.24 bits per heavy atom. The SMILES string of the molecule is CCCN(CCC)C(=O)c1cc(NN)nc2ccccc12. The minimum absolute atomic E-state index is 0.0359. The molecule has 2 rings (SSSR count). The second kappa shape index (κ2) is 7.04. The molecule has 2 aromatic rings. The van der Waals surface area contributed by atoms with Crippen molar-refractivity contribution in [1.82, 2.24) is 9.88 Å². The molecule has 0 aliphatic rings. The zero-order valence-electron chi connectivity index (χ0n) is 12.6. The minimum Gasteiger partial charge on any atom is -0.339 e. The molecule has 3 N–H and O–H groups in total. The number of carbonyl (C=O) groups excluding carboxylic acids is 1. The van der Waals surface area contributed by atoms with Crippen molar-refractivity contribution in [1.29, 1.82) is 0 Å². The number of nitrogens with two attached hydrogens (primary N) is 1. The van der Waals surface area contributed by atoms with E-state index in [1.165, 1.54) is 0 Å². The number of aromatic nitrogens is 1. The van der Waals surface area contributed by atoms with Gasteiger partial charge in [0, 0.05) is 18.5 Å². The maximum Gasteiger partial charge on any atom is 0.254 e. The van der Waals surface area contributed by atoms with Crippen molar-refractivity contribution < 1.29 is 4.79 Å². The molecule has 1 aromatic heterocycles. The van der Waals surface area contributed by atoms with Gasteiger partial charge in [0.2, 0.25) is 0 Å². The number of benzene rings is 1. The van der Waals surface area contributed by atoms with E-state index in [1.54, 1.807) is 6.07 Å². The molecule has 1 aromatic carbocycles. The highest BCUT2D eigenvalue weighted by atomic mass is 16.2. The molecule has 0 aliphatic carbocycles. The van der Waals surface area contributed by atoms with Crippen LogP contribution in [-0.2, 0) is 0 Å². The minimum atomic E-state index is 0.0359. The number of anilines is 1. The topological polar surface area (TPSA) is 71.2 Å². The van der Waals surface area contributed by atoms with Crippen LogP contribution >= 0.6 is 0 Å². The van der Waals surface area contributed by atoms with Gasteiger partial charge in [0.05, 0.1) is 11.1 Å². The van der Waals surface area contributed by atoms with Crippen LogP contribution in [0.2, 0.25) is 0 Å². The number of para-hydroxylation sites is 1. The molecule has 5 heteroatoms. The van der Waals surface area contributed by atoms with E-state index in [1.807, 2.05) is 29.2 Å². The van der Waals surface area contributed by atoms with Crippen LogP contribution in [0, 0.1) is 0 Å². The number of hydrazine groups is 1. The number of fused-ring (bicyclic) bond motifs is 1. The average Bonchev–Trinajstić information content (AvgIpc) is 2.53. The third-order valence-corrected chi connectivity index (χ3v) is 3.37. The molecule has 112 valence electrons. The first-order valence-corrected chi connectivity index (χ1v) is 7.36. The summed E-state index contributed by atoms with van der Waals surface area (Å²) in [7, 11) is 0. The molecular formula is C16H22N4O. The zero-order valence-corrected chi connectivity index (χ0v) is 12.6. The maximum absolute atomic E-state index is 12.8. The number of hydrogen-bond donors (Lipinski definition) is 2. The summed E-state index contributed by atoms with van der Waals surface area (Å²) in [4.78, 5) is 19.1. The fraction of sp³-hybridized carbons (Fsp3) is 0.375. The summed E-state index contributed by atoms with van der Waals surface area (Å²) in [5.74, 6) is 6.01. The first kappa shape index (κ1) is 15.3. The van der Waals surface area contributed by atoms with Gasteiger partial charge in [0.1, 0.15) is 5.82 Å². The Bertz CT molecular complexity index is 621. The fourth-order valence-corrected chi connectivity index (χ4v) is 2.45. The van der Waals surface area contributed by atoms with Gasteiger partial charge >= 0.3 is 0 Å². The van der Waals surface area contributed by atoms with Crippen LogP contribution in [0.4, 0.5) is 5.82 Å². The summed E-state index contributed by atoms with van der Waals surface area (Å²) in [5, 5.41) is 0.860. The molecule has 0 saturated heterocycles. The second-order valence-electron chi connectivity index (χ2n) is 5.01. The normalized spacial score (nSPS) is 10.6. The van der Waals surface area contributed by atoms with E-state index >= 15 is 0 Å². The van der Waals surface area contributed by atoms with E-state index in [4.69, 9.17) is 5.84 Å². The monoisotopic (exact) mass is 286 g/mol. The van der Waals surface area contributed by atoms with Gasteiger partial charge in [-0.25, -0.2) is 10.8 Å². The van der Waals surface area contributed by atoms with Crippen LogP contribution in [0.25, 0.3) is 10.9 Å². The molecule has 0 aliphatic heterocycles. The van der Waals surface area contributed by atoms with Gasteiger partial charge in [-0.15, -0.1) is 0 Å². The van der Waals surface area contributed by atoms with E-state index < -0.39 is 0 Å². The smallest absolute Gasteiger partial charge is 0.254 e. The molecular weight excluding hydrogens is 264 g/mol. The van der Waals surface area contributed by atoms with Crippen molar-refractivity contribution >= 4 is 22.6 Å². The lowest BCUT2D eigenvalue weighted by Crippen LogP contribution is -2.32. The zero-order chi connectivity index (χ0) is 15.2. The van der Waals surface area contributed by atoms with Crippen molar-refractivity contribution in [3.63, 3.8) is 0 Å². The molecule has 0 spiro atoms. The van der Waals surface area contributed by atoms with E-state index in [0.29, 0.717) is 11.4 Å². The highest BCUT2D eigenvalue weighted by Crippen LogP contribution is 2.22. The Morgan fingerprint density at radius 2 is 1.90 bits per heavy atom. The summed E-state index contributed by atoms with van der Waals surface area (Å²) in [5.41, 5.74) is 3.95. The first-order chi connectivity index (χ1) is 10.2. The van der Waals surface area contributed by atoms with Crippen LogP contribution in [0.1, 0.15) is 37.0 Å². The number of amides is 1. The summed E-state index contributed by atoms with van der Waals surface area (Å²) >= 11 is 0. The average molecular weight is 286 g/mol. The van der Waals surface area contributed by atoms with Gasteiger partial charge in [0.25, 0.3) is 5.91 Å². The lowest BCUT2D eigenvalue weighted by Gasteiger charge is -2.22. The fourth-order valence-electron chi connectivity index (χ4n) is 2.45. The number of nitrogens with zero attached hydrogens (tertiary/aromatic N) is 2. The molecule has 0 radical (unpaired) electrons. The van der Waals surface area contributed by atoms with Gasteiger partial charge in [-0.1, -0.05) is 32.0 Å². The molecule has 21 heavy (non-hydrogen) atoms. The standard InChI is InChI=1S/C16H22N4O/c1-3-9-20(10-4-2)16(21)13-11-15(19-17)18-14-8-6-5-7-12(13)14/h5-8,11H,3-4,9-10,17H2,1-2H3,(H,18,19). The number of nitrogens with one attached hydrogen (secondary N) is 1. The van der Waals surface area contributed by atoms with E-state index in [0.717, 1.165) is 36.8 Å². The molecule has 1 heterocycles. The summed E-state index contributed by atoms with van der Waals surface area (Å²) < 4.78 is 0. The van der Waals surface area contributed by atoms with Crippen LogP contribution in [0.5, 0.6) is 0 Å². The Morgan fingerprint density at radius 3 is 2.52 bits per heavy atom. The van der Waals surface area contributed by atoms with E-state index in [2.05, 4.69) is 24.3 Å². The van der Waals surface area contributed by atoms with Gasteiger partial charge in [-0.2, -0.15) is 0 Å². The Balaban J connectivity index is 2.50. The number of carbonyl (C=O) groups is 1. The highest BCUT2D eigenvalue weighted by Gasteiger charge is 2.18. The number of rotatable bonds is 6. The van der Waals surface area contributed by atoms with Gasteiger partial charge in [0.15, 0.2) is 0 Å². The Kier molecular flexibility index (Phi) is 5.11. The predicted octanol–water partition coefficient (Wildman–Crippen LogP) is 2.78. The van der Waals surface area contributed by atoms with Gasteiger partial charge in [-0.05, 0) is 25.0 Å². The Hall–Kier alpha value is -2.14. The summed E-state index contributed by atoms with van der Waals surface area (Å²) in [6, 6.07) is 9.35. The number of hydrogen-bond acceptors (Lipinski definition) is 4. The third kappa shape index (κ3) is 3.31. The molecule has 0 saturated carbocycles. The van der Waals surface area contributed by atoms with Gasteiger partial charge in [-0.3, -0.25) is 4.79 Å². The number of pyridine rings is 1. The highest BCUT2D eigenvalue weighted by molar-refractivity contribution is 6.06. The van der Waals surface area contributed by atoms with Crippen LogP contribution in [-0.4, -0.2) is 28.9 Å². The maximum atomic E-state index is 12.8. The van der Waals surface area contributed by atoms with Crippen LogP contribution in [0.3, 0.4) is 0 Å². The van der Waals surface area contributed by atoms with Gasteiger partial charge < -0.3 is 10.3 Å². The van der Waals surface area contributed by atoms with Crippen LogP contribution < -0.4 is 11.3 Å². The van der Waals surface area contributed by atoms with E-state index in [-0.39, 0.29) is 5.91 Å². The predicted molar refractivity (Wildman–Crippen MR) is 86.0 cm³/mol. The third-order valence-electron chi connectivity index (χ3n) is 3.37. The molecule has 0 unspecified atom stereocenters. The van der Waals surface area contributed by atoms with Crippen LogP contribution in [0.15, 0.2) is 30.3 Å².